The van der Waals surface area contributed by atoms with Crippen molar-refractivity contribution in [2.75, 3.05) is 6.54 Å². The molecule has 0 atom stereocenters. The molecule has 0 radical (unpaired) electrons. The molecule has 0 spiro atoms. The first-order valence-electron chi connectivity index (χ1n) is 7.40. The summed E-state index contributed by atoms with van der Waals surface area (Å²) in [6.45, 7) is 5.11. The molecular formula is C14H22N6. The number of nitrogens with one attached hydrogen (secondary N) is 1. The van der Waals surface area contributed by atoms with Crippen molar-refractivity contribution in [3.05, 3.63) is 29.4 Å². The zero-order valence-electron chi connectivity index (χ0n) is 12.3. The highest BCUT2D eigenvalue weighted by Gasteiger charge is 2.19. The quantitative estimate of drug-likeness (QED) is 0.878. The van der Waals surface area contributed by atoms with Gasteiger partial charge in [0.1, 0.15) is 18.0 Å². The number of hydrogen-bond acceptors (Lipinski definition) is 4. The van der Waals surface area contributed by atoms with Crippen LogP contribution in [-0.2, 0) is 39.4 Å². The standard InChI is InChI=1S/C14H22N6/c1-3-4-13-17-11-9-15-7-5-12(11)20(13)8-6-14-18-16-10-19(14)2/h10,15H,3-9H2,1-2H3. The summed E-state index contributed by atoms with van der Waals surface area (Å²) in [6.07, 6.45) is 5.92. The normalized spacial score (nSPS) is 14.5. The molecule has 1 N–H and O–H groups in total. The largest absolute Gasteiger partial charge is 0.331 e. The van der Waals surface area contributed by atoms with E-state index in [0.717, 1.165) is 51.1 Å². The number of rotatable bonds is 5. The second-order valence-corrected chi connectivity index (χ2v) is 5.36. The van der Waals surface area contributed by atoms with Crippen LogP contribution in [-0.4, -0.2) is 30.9 Å². The van der Waals surface area contributed by atoms with Crippen molar-refractivity contribution in [3.63, 3.8) is 0 Å². The molecule has 0 bridgehead atoms. The highest BCUT2D eigenvalue weighted by atomic mass is 15.2. The minimum atomic E-state index is 0.906. The van der Waals surface area contributed by atoms with Crippen LogP contribution in [0.2, 0.25) is 0 Å². The average molecular weight is 274 g/mol. The molecule has 0 amide bonds. The lowest BCUT2D eigenvalue weighted by atomic mass is 10.2. The lowest BCUT2D eigenvalue weighted by molar-refractivity contribution is 0.563. The molecule has 0 saturated carbocycles. The predicted molar refractivity (Wildman–Crippen MR) is 76.3 cm³/mol. The van der Waals surface area contributed by atoms with Crippen molar-refractivity contribution in [1.29, 1.82) is 0 Å². The van der Waals surface area contributed by atoms with E-state index in [1.165, 1.54) is 17.2 Å². The van der Waals surface area contributed by atoms with Gasteiger partial charge in [-0.05, 0) is 6.42 Å². The Morgan fingerprint density at radius 2 is 2.20 bits per heavy atom. The number of aromatic nitrogens is 5. The third kappa shape index (κ3) is 2.47. The second-order valence-electron chi connectivity index (χ2n) is 5.36. The Kier molecular flexibility index (Phi) is 3.82. The molecular weight excluding hydrogens is 252 g/mol. The molecule has 108 valence electrons. The van der Waals surface area contributed by atoms with Gasteiger partial charge in [0.15, 0.2) is 0 Å². The molecule has 1 aliphatic heterocycles. The Bertz CT molecular complexity index is 582. The summed E-state index contributed by atoms with van der Waals surface area (Å²) in [6, 6.07) is 0. The summed E-state index contributed by atoms with van der Waals surface area (Å²) < 4.78 is 4.40. The van der Waals surface area contributed by atoms with Crippen molar-refractivity contribution in [2.45, 2.75) is 45.7 Å². The van der Waals surface area contributed by atoms with Gasteiger partial charge < -0.3 is 14.5 Å². The van der Waals surface area contributed by atoms with Crippen molar-refractivity contribution in [1.82, 2.24) is 29.6 Å². The molecule has 1 aliphatic rings. The van der Waals surface area contributed by atoms with Crippen molar-refractivity contribution < 1.29 is 0 Å². The number of aryl methyl sites for hydroxylation is 3. The fourth-order valence-corrected chi connectivity index (χ4v) is 2.85. The molecule has 0 aromatic carbocycles. The maximum Gasteiger partial charge on any atom is 0.134 e. The maximum atomic E-state index is 4.82. The summed E-state index contributed by atoms with van der Waals surface area (Å²) >= 11 is 0. The van der Waals surface area contributed by atoms with Gasteiger partial charge in [-0.1, -0.05) is 6.92 Å². The third-order valence-electron chi connectivity index (χ3n) is 3.90. The molecule has 0 aliphatic carbocycles. The van der Waals surface area contributed by atoms with Crippen LogP contribution in [0.5, 0.6) is 0 Å². The molecule has 0 unspecified atom stereocenters. The molecule has 3 heterocycles. The van der Waals surface area contributed by atoms with Crippen LogP contribution in [0, 0.1) is 0 Å². The summed E-state index contributed by atoms with van der Waals surface area (Å²) in [5.74, 6) is 2.26. The van der Waals surface area contributed by atoms with Gasteiger partial charge in [0.2, 0.25) is 0 Å². The van der Waals surface area contributed by atoms with Crippen LogP contribution in [0.3, 0.4) is 0 Å². The van der Waals surface area contributed by atoms with Gasteiger partial charge in [-0.2, -0.15) is 0 Å². The van der Waals surface area contributed by atoms with Crippen molar-refractivity contribution in [3.8, 4) is 0 Å². The van der Waals surface area contributed by atoms with E-state index in [4.69, 9.17) is 4.98 Å². The molecule has 6 nitrogen and oxygen atoms in total. The summed E-state index contributed by atoms with van der Waals surface area (Å²) in [7, 11) is 2.00. The highest BCUT2D eigenvalue weighted by molar-refractivity contribution is 5.20. The molecule has 0 saturated heterocycles. The molecule has 6 heteroatoms. The van der Waals surface area contributed by atoms with E-state index in [1.807, 2.05) is 11.6 Å². The van der Waals surface area contributed by atoms with E-state index in [1.54, 1.807) is 6.33 Å². The molecule has 2 aromatic heterocycles. The summed E-state index contributed by atoms with van der Waals surface area (Å²) in [5, 5.41) is 11.5. The van der Waals surface area contributed by atoms with Gasteiger partial charge in [-0.15, -0.1) is 10.2 Å². The minimum absolute atomic E-state index is 0.906. The first kappa shape index (κ1) is 13.3. The average Bonchev–Trinajstić information content (AvgIpc) is 3.01. The first-order valence-corrected chi connectivity index (χ1v) is 7.40. The van der Waals surface area contributed by atoms with E-state index in [0.29, 0.717) is 0 Å². The number of fused-ring (bicyclic) bond motifs is 1. The van der Waals surface area contributed by atoms with Gasteiger partial charge in [-0.25, -0.2) is 4.98 Å². The zero-order chi connectivity index (χ0) is 13.9. The second kappa shape index (κ2) is 5.75. The Morgan fingerprint density at radius 1 is 1.30 bits per heavy atom. The van der Waals surface area contributed by atoms with Crippen LogP contribution in [0.25, 0.3) is 0 Å². The lowest BCUT2D eigenvalue weighted by Crippen LogP contribution is -2.25. The lowest BCUT2D eigenvalue weighted by Gasteiger charge is -2.16. The van der Waals surface area contributed by atoms with E-state index in [2.05, 4.69) is 27.0 Å². The zero-order valence-corrected chi connectivity index (χ0v) is 12.3. The monoisotopic (exact) mass is 274 g/mol. The highest BCUT2D eigenvalue weighted by Crippen LogP contribution is 2.18. The number of hydrogen-bond donors (Lipinski definition) is 1. The fraction of sp³-hybridized carbons (Fsp3) is 0.643. The minimum Gasteiger partial charge on any atom is -0.331 e. The smallest absolute Gasteiger partial charge is 0.134 e. The van der Waals surface area contributed by atoms with Crippen LogP contribution in [0.1, 0.15) is 36.4 Å². The fourth-order valence-electron chi connectivity index (χ4n) is 2.85. The van der Waals surface area contributed by atoms with E-state index in [-0.39, 0.29) is 0 Å². The maximum absolute atomic E-state index is 4.82. The third-order valence-corrected chi connectivity index (χ3v) is 3.90. The van der Waals surface area contributed by atoms with E-state index < -0.39 is 0 Å². The van der Waals surface area contributed by atoms with Crippen LogP contribution in [0.15, 0.2) is 6.33 Å². The van der Waals surface area contributed by atoms with Gasteiger partial charge >= 0.3 is 0 Å². The van der Waals surface area contributed by atoms with E-state index in [9.17, 15) is 0 Å². The van der Waals surface area contributed by atoms with Crippen molar-refractivity contribution >= 4 is 0 Å². The van der Waals surface area contributed by atoms with Crippen LogP contribution in [0.4, 0.5) is 0 Å². The predicted octanol–water partition coefficient (Wildman–Crippen LogP) is 0.852. The molecule has 0 fully saturated rings. The molecule has 20 heavy (non-hydrogen) atoms. The number of nitrogens with zero attached hydrogens (tertiary/aromatic N) is 5. The van der Waals surface area contributed by atoms with Crippen LogP contribution >= 0.6 is 0 Å². The summed E-state index contributed by atoms with van der Waals surface area (Å²) in [4.78, 5) is 4.82. The Labute approximate surface area is 119 Å². The summed E-state index contributed by atoms with van der Waals surface area (Å²) in [5.41, 5.74) is 2.65. The van der Waals surface area contributed by atoms with Crippen molar-refractivity contribution in [2.24, 2.45) is 7.05 Å². The Hall–Kier alpha value is -1.69. The Morgan fingerprint density at radius 3 is 2.95 bits per heavy atom. The van der Waals surface area contributed by atoms with Gasteiger partial charge in [-0.3, -0.25) is 0 Å². The van der Waals surface area contributed by atoms with E-state index >= 15 is 0 Å². The molecule has 3 rings (SSSR count). The van der Waals surface area contributed by atoms with Gasteiger partial charge in [0.05, 0.1) is 5.69 Å². The number of imidazole rings is 1. The van der Waals surface area contributed by atoms with Gasteiger partial charge in [0.25, 0.3) is 0 Å². The Balaban J connectivity index is 1.83. The molecule has 2 aromatic rings. The van der Waals surface area contributed by atoms with Crippen LogP contribution < -0.4 is 5.32 Å². The van der Waals surface area contributed by atoms with Gasteiger partial charge in [0, 0.05) is 51.6 Å². The SMILES string of the molecule is CCCc1nc2c(n1CCc1nncn1C)CCNC2. The topological polar surface area (TPSA) is 60.6 Å². The first-order chi connectivity index (χ1) is 9.79.